The second-order valence-electron chi connectivity index (χ2n) is 4.21. The van der Waals surface area contributed by atoms with Gasteiger partial charge in [-0.05, 0) is 24.2 Å². The topological polar surface area (TPSA) is 41.5 Å². The average molecular weight is 269 g/mol. The molecule has 0 saturated carbocycles. The van der Waals surface area contributed by atoms with Gasteiger partial charge in [-0.15, -0.1) is 0 Å². The number of nitrogens with one attached hydrogen (secondary N) is 1. The van der Waals surface area contributed by atoms with Crippen LogP contribution in [0.25, 0.3) is 0 Å². The number of hydrogen-bond donors (Lipinski definition) is 2. The van der Waals surface area contributed by atoms with Crippen LogP contribution in [0.1, 0.15) is 25.5 Å². The largest absolute Gasteiger partial charge is 0.497 e. The number of methoxy groups -OCH3 is 1. The van der Waals surface area contributed by atoms with Crippen molar-refractivity contribution >= 4 is 11.8 Å². The van der Waals surface area contributed by atoms with Gasteiger partial charge in [0.05, 0.1) is 13.7 Å². The van der Waals surface area contributed by atoms with Crippen LogP contribution in [0.4, 0.5) is 0 Å². The molecular weight excluding hydrogens is 246 g/mol. The molecule has 2 unspecified atom stereocenters. The first-order valence-corrected chi connectivity index (χ1v) is 7.35. The van der Waals surface area contributed by atoms with Crippen LogP contribution in [0.5, 0.6) is 5.75 Å². The van der Waals surface area contributed by atoms with Crippen molar-refractivity contribution in [3.63, 3.8) is 0 Å². The molecule has 18 heavy (non-hydrogen) atoms. The number of ether oxygens (including phenoxy) is 1. The third-order valence-corrected chi connectivity index (χ3v) is 4.02. The fourth-order valence-corrected chi connectivity index (χ4v) is 2.61. The summed E-state index contributed by atoms with van der Waals surface area (Å²) in [6, 6.07) is 8.48. The predicted molar refractivity (Wildman–Crippen MR) is 78.4 cm³/mol. The van der Waals surface area contributed by atoms with Crippen LogP contribution in [0.3, 0.4) is 0 Å². The van der Waals surface area contributed by atoms with Gasteiger partial charge >= 0.3 is 0 Å². The number of rotatable bonds is 8. The van der Waals surface area contributed by atoms with Crippen LogP contribution < -0.4 is 10.1 Å². The van der Waals surface area contributed by atoms with Crippen LogP contribution in [0, 0.1) is 0 Å². The molecule has 0 fully saturated rings. The summed E-state index contributed by atoms with van der Waals surface area (Å²) in [5.74, 6) is 1.84. The summed E-state index contributed by atoms with van der Waals surface area (Å²) < 4.78 is 5.17. The number of aliphatic hydroxyl groups is 1. The highest BCUT2D eigenvalue weighted by Crippen LogP contribution is 2.23. The molecule has 3 nitrogen and oxygen atoms in total. The molecule has 0 bridgehead atoms. The van der Waals surface area contributed by atoms with Crippen molar-refractivity contribution < 1.29 is 9.84 Å². The quantitative estimate of drug-likeness (QED) is 0.761. The minimum Gasteiger partial charge on any atom is -0.497 e. The maximum Gasteiger partial charge on any atom is 0.118 e. The molecule has 1 rings (SSSR count). The summed E-state index contributed by atoms with van der Waals surface area (Å²) in [6.07, 6.45) is 0. The van der Waals surface area contributed by atoms with Crippen molar-refractivity contribution in [2.45, 2.75) is 25.1 Å². The van der Waals surface area contributed by atoms with Gasteiger partial charge < -0.3 is 15.2 Å². The Bertz CT molecular complexity index is 329. The molecule has 0 saturated heterocycles. The van der Waals surface area contributed by atoms with Crippen LogP contribution >= 0.6 is 11.8 Å². The lowest BCUT2D eigenvalue weighted by atomic mass is 10.1. The number of hydrogen-bond acceptors (Lipinski definition) is 4. The monoisotopic (exact) mass is 269 g/mol. The molecule has 0 aromatic heterocycles. The summed E-state index contributed by atoms with van der Waals surface area (Å²) in [6.45, 7) is 5.31. The van der Waals surface area contributed by atoms with Crippen LogP contribution in [0.2, 0.25) is 0 Å². The smallest absolute Gasteiger partial charge is 0.118 e. The first kappa shape index (κ1) is 15.3. The van der Waals surface area contributed by atoms with E-state index in [4.69, 9.17) is 9.84 Å². The number of aliphatic hydroxyl groups excluding tert-OH is 1. The van der Waals surface area contributed by atoms with E-state index >= 15 is 0 Å². The zero-order valence-corrected chi connectivity index (χ0v) is 12.2. The van der Waals surface area contributed by atoms with Gasteiger partial charge in [-0.1, -0.05) is 26.0 Å². The fraction of sp³-hybridized carbons (Fsp3) is 0.571. The molecule has 2 atom stereocenters. The van der Waals surface area contributed by atoms with Crippen molar-refractivity contribution in [2.24, 2.45) is 0 Å². The fourth-order valence-electron chi connectivity index (χ4n) is 1.67. The predicted octanol–water partition coefficient (Wildman–Crippen LogP) is 2.46. The van der Waals surface area contributed by atoms with E-state index in [1.807, 2.05) is 19.1 Å². The van der Waals surface area contributed by atoms with Gasteiger partial charge in [-0.25, -0.2) is 0 Å². The molecule has 0 heterocycles. The molecule has 102 valence electrons. The van der Waals surface area contributed by atoms with Crippen LogP contribution in [-0.4, -0.2) is 36.4 Å². The Morgan fingerprint density at radius 2 is 2.00 bits per heavy atom. The van der Waals surface area contributed by atoms with E-state index in [-0.39, 0.29) is 11.9 Å². The maximum absolute atomic E-state index is 9.06. The summed E-state index contributed by atoms with van der Waals surface area (Å²) in [5, 5.41) is 12.8. The molecule has 0 aliphatic heterocycles. The van der Waals surface area contributed by atoms with Crippen molar-refractivity contribution in [1.82, 2.24) is 5.32 Å². The highest BCUT2D eigenvalue weighted by Gasteiger charge is 2.12. The standard InChI is InChI=1S/C14H23NO2S/c1-4-15-14(10-18-11(2)9-16)12-5-7-13(17-3)8-6-12/h5-8,11,14-16H,4,9-10H2,1-3H3. The second kappa shape index (κ2) is 8.40. The minimum absolute atomic E-state index is 0.228. The van der Waals surface area contributed by atoms with Gasteiger partial charge in [0.2, 0.25) is 0 Å². The van der Waals surface area contributed by atoms with E-state index in [1.54, 1.807) is 18.9 Å². The summed E-state index contributed by atoms with van der Waals surface area (Å²) in [4.78, 5) is 0. The Labute approximate surface area is 114 Å². The molecule has 0 spiro atoms. The summed E-state index contributed by atoms with van der Waals surface area (Å²) in [5.41, 5.74) is 1.26. The number of thioether (sulfide) groups is 1. The normalized spacial score (nSPS) is 14.2. The zero-order valence-electron chi connectivity index (χ0n) is 11.3. The Balaban J connectivity index is 2.64. The van der Waals surface area contributed by atoms with Crippen LogP contribution in [-0.2, 0) is 0 Å². The highest BCUT2D eigenvalue weighted by atomic mass is 32.2. The molecule has 0 aliphatic carbocycles. The lowest BCUT2D eigenvalue weighted by molar-refractivity contribution is 0.300. The molecular formula is C14H23NO2S. The Morgan fingerprint density at radius 1 is 1.33 bits per heavy atom. The van der Waals surface area contributed by atoms with E-state index < -0.39 is 0 Å². The SMILES string of the molecule is CCNC(CSC(C)CO)c1ccc(OC)cc1. The first-order valence-electron chi connectivity index (χ1n) is 6.31. The molecule has 2 N–H and O–H groups in total. The Hall–Kier alpha value is -0.710. The summed E-state index contributed by atoms with van der Waals surface area (Å²) >= 11 is 1.79. The highest BCUT2D eigenvalue weighted by molar-refractivity contribution is 7.99. The van der Waals surface area contributed by atoms with E-state index in [0.717, 1.165) is 18.0 Å². The third kappa shape index (κ3) is 4.88. The molecule has 1 aromatic carbocycles. The van der Waals surface area contributed by atoms with E-state index in [9.17, 15) is 0 Å². The lowest BCUT2D eigenvalue weighted by Gasteiger charge is -2.20. The van der Waals surface area contributed by atoms with Crippen LogP contribution in [0.15, 0.2) is 24.3 Å². The molecule has 0 radical (unpaired) electrons. The van der Waals surface area contributed by atoms with Crippen molar-refractivity contribution in [2.75, 3.05) is 26.0 Å². The lowest BCUT2D eigenvalue weighted by Crippen LogP contribution is -2.24. The van der Waals surface area contributed by atoms with Gasteiger partial charge in [0, 0.05) is 17.0 Å². The van der Waals surface area contributed by atoms with Gasteiger partial charge in [-0.2, -0.15) is 11.8 Å². The zero-order chi connectivity index (χ0) is 13.4. The van der Waals surface area contributed by atoms with E-state index in [2.05, 4.69) is 24.4 Å². The van der Waals surface area contributed by atoms with Gasteiger partial charge in [-0.3, -0.25) is 0 Å². The average Bonchev–Trinajstić information content (AvgIpc) is 2.43. The van der Waals surface area contributed by atoms with Gasteiger partial charge in [0.15, 0.2) is 0 Å². The van der Waals surface area contributed by atoms with E-state index in [0.29, 0.717) is 6.04 Å². The number of benzene rings is 1. The minimum atomic E-state index is 0.228. The molecule has 4 heteroatoms. The molecule has 0 aliphatic rings. The van der Waals surface area contributed by atoms with Crippen molar-refractivity contribution in [3.05, 3.63) is 29.8 Å². The van der Waals surface area contributed by atoms with Crippen molar-refractivity contribution in [3.8, 4) is 5.75 Å². The maximum atomic E-state index is 9.06. The molecule has 1 aromatic rings. The Morgan fingerprint density at radius 3 is 2.50 bits per heavy atom. The first-order chi connectivity index (χ1) is 8.71. The second-order valence-corrected chi connectivity index (χ2v) is 5.68. The molecule has 0 amide bonds. The summed E-state index contributed by atoms with van der Waals surface area (Å²) in [7, 11) is 1.68. The van der Waals surface area contributed by atoms with E-state index in [1.165, 1.54) is 5.56 Å². The third-order valence-electron chi connectivity index (χ3n) is 2.77. The Kier molecular flexibility index (Phi) is 7.16. The van der Waals surface area contributed by atoms with Gasteiger partial charge in [0.1, 0.15) is 5.75 Å². The van der Waals surface area contributed by atoms with Gasteiger partial charge in [0.25, 0.3) is 0 Å². The van der Waals surface area contributed by atoms with Crippen molar-refractivity contribution in [1.29, 1.82) is 0 Å².